The Morgan fingerprint density at radius 3 is 2.26 bits per heavy atom. The highest BCUT2D eigenvalue weighted by Crippen LogP contribution is 2.18. The zero-order chi connectivity index (χ0) is 14.0. The number of nitrogens with zero attached hydrogens (tertiary/aromatic N) is 3. The van der Waals surface area contributed by atoms with Crippen molar-refractivity contribution in [1.29, 1.82) is 0 Å². The first-order valence-electron chi connectivity index (χ1n) is 6.66. The molecule has 0 saturated carbocycles. The Morgan fingerprint density at radius 2 is 1.68 bits per heavy atom. The number of carbonyl (C=O) groups is 3. The Morgan fingerprint density at radius 1 is 1.05 bits per heavy atom. The normalized spacial score (nSPS) is 23.6. The minimum Gasteiger partial charge on any atom is -0.377 e. The molecule has 0 aromatic heterocycles. The first-order chi connectivity index (χ1) is 9.06. The van der Waals surface area contributed by atoms with Crippen LogP contribution in [0, 0.1) is 0 Å². The number of piperidine rings is 1. The molecule has 2 rings (SSSR count). The smallest absolute Gasteiger partial charge is 0.333 e. The van der Waals surface area contributed by atoms with Crippen LogP contribution in [0.1, 0.15) is 26.2 Å². The van der Waals surface area contributed by atoms with E-state index in [0.29, 0.717) is 0 Å². The lowest BCUT2D eigenvalue weighted by atomic mass is 10.1. The van der Waals surface area contributed by atoms with Crippen molar-refractivity contribution >= 4 is 17.8 Å². The summed E-state index contributed by atoms with van der Waals surface area (Å²) in [6.45, 7) is 3.70. The molecule has 6 heteroatoms. The third kappa shape index (κ3) is 2.47. The fourth-order valence-corrected chi connectivity index (χ4v) is 2.39. The number of likely N-dealkylation sites (N-methyl/N-ethyl adjacent to an activating group) is 2. The van der Waals surface area contributed by atoms with Crippen LogP contribution >= 0.6 is 0 Å². The van der Waals surface area contributed by atoms with Crippen LogP contribution in [0.4, 0.5) is 4.79 Å². The average Bonchev–Trinajstić information content (AvgIpc) is 2.43. The highest BCUT2D eigenvalue weighted by Gasteiger charge is 2.39. The maximum absolute atomic E-state index is 12.2. The average molecular weight is 265 g/mol. The van der Waals surface area contributed by atoms with E-state index >= 15 is 0 Å². The molecule has 104 valence electrons. The van der Waals surface area contributed by atoms with Gasteiger partial charge in [0.15, 0.2) is 0 Å². The van der Waals surface area contributed by atoms with Crippen molar-refractivity contribution in [2.45, 2.75) is 26.2 Å². The fourth-order valence-electron chi connectivity index (χ4n) is 2.39. The SMILES string of the molecule is CCN1C(=O)C(=CN2CCCCC2)C(=O)N(C)C1=O. The molecule has 19 heavy (non-hydrogen) atoms. The molecule has 2 heterocycles. The third-order valence-electron chi connectivity index (χ3n) is 3.55. The van der Waals surface area contributed by atoms with Crippen LogP contribution in [0.2, 0.25) is 0 Å². The van der Waals surface area contributed by atoms with E-state index in [2.05, 4.69) is 0 Å². The summed E-state index contributed by atoms with van der Waals surface area (Å²) in [5.74, 6) is -0.994. The van der Waals surface area contributed by atoms with E-state index in [1.807, 2.05) is 4.90 Å². The molecule has 0 atom stereocenters. The number of carbonyl (C=O) groups excluding carboxylic acids is 3. The van der Waals surface area contributed by atoms with Gasteiger partial charge in [-0.25, -0.2) is 4.79 Å². The fraction of sp³-hybridized carbons (Fsp3) is 0.615. The Hall–Kier alpha value is -1.85. The number of amides is 4. The molecule has 2 saturated heterocycles. The van der Waals surface area contributed by atoms with E-state index in [1.165, 1.54) is 13.5 Å². The second-order valence-corrected chi connectivity index (χ2v) is 4.84. The number of hydrogen-bond donors (Lipinski definition) is 0. The molecule has 6 nitrogen and oxygen atoms in total. The van der Waals surface area contributed by atoms with Crippen LogP contribution in [0.5, 0.6) is 0 Å². The molecule has 0 aliphatic carbocycles. The van der Waals surface area contributed by atoms with E-state index < -0.39 is 17.8 Å². The molecule has 2 aliphatic rings. The van der Waals surface area contributed by atoms with E-state index in [4.69, 9.17) is 0 Å². The quantitative estimate of drug-likeness (QED) is 0.547. The summed E-state index contributed by atoms with van der Waals surface area (Å²) in [6.07, 6.45) is 4.94. The van der Waals surface area contributed by atoms with Crippen LogP contribution < -0.4 is 0 Å². The molecule has 2 fully saturated rings. The van der Waals surface area contributed by atoms with Gasteiger partial charge >= 0.3 is 6.03 Å². The van der Waals surface area contributed by atoms with Crippen LogP contribution in [-0.4, -0.2) is 59.2 Å². The number of barbiturate groups is 1. The van der Waals surface area contributed by atoms with E-state index in [1.54, 1.807) is 13.1 Å². The lowest BCUT2D eigenvalue weighted by Gasteiger charge is -2.32. The van der Waals surface area contributed by atoms with Crippen molar-refractivity contribution in [3.63, 3.8) is 0 Å². The minimum atomic E-state index is -0.548. The van der Waals surface area contributed by atoms with Crippen molar-refractivity contribution < 1.29 is 14.4 Å². The van der Waals surface area contributed by atoms with Crippen molar-refractivity contribution in [1.82, 2.24) is 14.7 Å². The van der Waals surface area contributed by atoms with E-state index in [-0.39, 0.29) is 12.1 Å². The number of imide groups is 2. The van der Waals surface area contributed by atoms with Gasteiger partial charge in [0.2, 0.25) is 0 Å². The molecule has 0 N–H and O–H groups in total. The summed E-state index contributed by atoms with van der Waals surface area (Å²) in [4.78, 5) is 40.1. The molecule has 0 spiro atoms. The lowest BCUT2D eigenvalue weighted by molar-refractivity contribution is -0.135. The Kier molecular flexibility index (Phi) is 3.87. The Bertz CT molecular complexity index is 438. The van der Waals surface area contributed by atoms with E-state index in [0.717, 1.165) is 35.7 Å². The summed E-state index contributed by atoms with van der Waals surface area (Å²) in [6, 6.07) is -0.548. The van der Waals surface area contributed by atoms with Gasteiger partial charge in [-0.05, 0) is 26.2 Å². The predicted molar refractivity (Wildman–Crippen MR) is 69.1 cm³/mol. The molecular formula is C13H19N3O3. The molecule has 0 radical (unpaired) electrons. The van der Waals surface area contributed by atoms with Gasteiger partial charge in [0.1, 0.15) is 5.57 Å². The monoisotopic (exact) mass is 265 g/mol. The second-order valence-electron chi connectivity index (χ2n) is 4.84. The summed E-state index contributed by atoms with van der Waals surface area (Å²) < 4.78 is 0. The molecule has 2 aliphatic heterocycles. The summed E-state index contributed by atoms with van der Waals surface area (Å²) in [7, 11) is 1.41. The van der Waals surface area contributed by atoms with Crippen molar-refractivity contribution in [3.8, 4) is 0 Å². The van der Waals surface area contributed by atoms with Gasteiger partial charge in [-0.1, -0.05) is 0 Å². The molecular weight excluding hydrogens is 246 g/mol. The van der Waals surface area contributed by atoms with Gasteiger partial charge in [-0.15, -0.1) is 0 Å². The Labute approximate surface area is 112 Å². The molecule has 0 unspecified atom stereocenters. The van der Waals surface area contributed by atoms with Gasteiger partial charge in [0.05, 0.1) is 0 Å². The maximum Gasteiger partial charge on any atom is 0.333 e. The number of hydrogen-bond acceptors (Lipinski definition) is 4. The maximum atomic E-state index is 12.2. The van der Waals surface area contributed by atoms with Crippen LogP contribution in [0.15, 0.2) is 11.8 Å². The second kappa shape index (κ2) is 5.42. The topological polar surface area (TPSA) is 60.9 Å². The van der Waals surface area contributed by atoms with Gasteiger partial charge in [-0.2, -0.15) is 0 Å². The van der Waals surface area contributed by atoms with E-state index in [9.17, 15) is 14.4 Å². The van der Waals surface area contributed by atoms with Gasteiger partial charge in [0, 0.05) is 32.9 Å². The largest absolute Gasteiger partial charge is 0.377 e. The number of rotatable bonds is 2. The van der Waals surface area contributed by atoms with Gasteiger partial charge in [0.25, 0.3) is 11.8 Å². The van der Waals surface area contributed by atoms with Gasteiger partial charge < -0.3 is 4.90 Å². The summed E-state index contributed by atoms with van der Waals surface area (Å²) >= 11 is 0. The molecule has 0 aromatic carbocycles. The van der Waals surface area contributed by atoms with Crippen LogP contribution in [-0.2, 0) is 9.59 Å². The predicted octanol–water partition coefficient (Wildman–Crippen LogP) is 0.797. The Balaban J connectivity index is 2.26. The molecule has 0 aromatic rings. The molecule has 0 bridgehead atoms. The summed E-state index contributed by atoms with van der Waals surface area (Å²) in [5, 5.41) is 0. The standard InChI is InChI=1S/C13H19N3O3/c1-3-16-12(18)10(11(17)14(2)13(16)19)9-15-7-5-4-6-8-15/h9H,3-8H2,1-2H3. The van der Waals surface area contributed by atoms with Gasteiger partial charge in [-0.3, -0.25) is 19.4 Å². The first kappa shape index (κ1) is 13.6. The van der Waals surface area contributed by atoms with Crippen LogP contribution in [0.25, 0.3) is 0 Å². The van der Waals surface area contributed by atoms with Crippen molar-refractivity contribution in [2.24, 2.45) is 0 Å². The lowest BCUT2D eigenvalue weighted by Crippen LogP contribution is -2.55. The zero-order valence-electron chi connectivity index (χ0n) is 11.4. The molecule has 4 amide bonds. The third-order valence-corrected chi connectivity index (χ3v) is 3.55. The summed E-state index contributed by atoms with van der Waals surface area (Å²) in [5.41, 5.74) is 0.0888. The van der Waals surface area contributed by atoms with Crippen molar-refractivity contribution in [2.75, 3.05) is 26.7 Å². The van der Waals surface area contributed by atoms with Crippen LogP contribution in [0.3, 0.4) is 0 Å². The zero-order valence-corrected chi connectivity index (χ0v) is 11.4. The number of urea groups is 1. The highest BCUT2D eigenvalue weighted by molar-refractivity contribution is 6.28. The minimum absolute atomic E-state index is 0.0888. The highest BCUT2D eigenvalue weighted by atomic mass is 16.2. The van der Waals surface area contributed by atoms with Crippen molar-refractivity contribution in [3.05, 3.63) is 11.8 Å². The first-order valence-corrected chi connectivity index (χ1v) is 6.66. The number of likely N-dealkylation sites (tertiary alicyclic amines) is 1.